The van der Waals surface area contributed by atoms with Gasteiger partial charge in [0.2, 0.25) is 5.91 Å². The largest absolute Gasteiger partial charge is 0.354 e. The molecule has 1 amide bonds. The number of rotatable bonds is 8. The molecule has 0 unspecified atom stereocenters. The second-order valence-electron chi connectivity index (χ2n) is 6.68. The molecular weight excluding hydrogens is 479 g/mol. The van der Waals surface area contributed by atoms with Crippen LogP contribution in [0.3, 0.4) is 0 Å². The fraction of sp³-hybridized carbons (Fsp3) is 0.136. The summed E-state index contributed by atoms with van der Waals surface area (Å²) in [6, 6.07) is 19.6. The predicted molar refractivity (Wildman–Crippen MR) is 126 cm³/mol. The molecule has 0 saturated carbocycles. The molecule has 0 aliphatic heterocycles. The molecule has 3 aromatic rings. The Morgan fingerprint density at radius 2 is 1.45 bits per heavy atom. The molecule has 3 rings (SSSR count). The van der Waals surface area contributed by atoms with Gasteiger partial charge in [-0.2, -0.15) is 0 Å². The van der Waals surface area contributed by atoms with Crippen LogP contribution in [-0.4, -0.2) is 27.4 Å². The number of halogens is 3. The van der Waals surface area contributed by atoms with Crippen molar-refractivity contribution in [3.63, 3.8) is 0 Å². The first-order valence-corrected chi connectivity index (χ1v) is 11.9. The minimum Gasteiger partial charge on any atom is -0.354 e. The summed E-state index contributed by atoms with van der Waals surface area (Å²) < 4.78 is 27.5. The van der Waals surface area contributed by atoms with E-state index in [9.17, 15) is 13.2 Å². The normalized spacial score (nSPS) is 11.2. The van der Waals surface area contributed by atoms with Gasteiger partial charge in [-0.05, 0) is 54.4 Å². The standard InChI is InChI=1S/C22H19Cl3N2O3S/c23-17-8-6-16(7-9-17)10-11-26-22(28)15-27(20-13-18(24)12-19(25)14-20)31(29,30)21-4-2-1-3-5-21/h1-9,12-14H,10-11,15H2,(H,26,28). The lowest BCUT2D eigenvalue weighted by atomic mass is 10.1. The maximum Gasteiger partial charge on any atom is 0.264 e. The maximum absolute atomic E-state index is 13.3. The topological polar surface area (TPSA) is 66.5 Å². The van der Waals surface area contributed by atoms with Gasteiger partial charge in [0, 0.05) is 21.6 Å². The summed E-state index contributed by atoms with van der Waals surface area (Å²) in [6.07, 6.45) is 0.581. The van der Waals surface area contributed by atoms with Crippen LogP contribution >= 0.6 is 34.8 Å². The fourth-order valence-electron chi connectivity index (χ4n) is 2.90. The van der Waals surface area contributed by atoms with Gasteiger partial charge in [-0.25, -0.2) is 8.42 Å². The number of nitrogens with zero attached hydrogens (tertiary/aromatic N) is 1. The minimum absolute atomic E-state index is 0.0556. The van der Waals surface area contributed by atoms with Crippen molar-refractivity contribution in [3.05, 3.63) is 93.4 Å². The molecule has 0 fully saturated rings. The molecule has 9 heteroatoms. The van der Waals surface area contributed by atoms with E-state index >= 15 is 0 Å². The van der Waals surface area contributed by atoms with E-state index in [4.69, 9.17) is 34.8 Å². The summed E-state index contributed by atoms with van der Waals surface area (Å²) in [7, 11) is -4.02. The fourth-order valence-corrected chi connectivity index (χ4v) is 4.97. The molecule has 0 saturated heterocycles. The summed E-state index contributed by atoms with van der Waals surface area (Å²) in [6.45, 7) is -0.0789. The van der Waals surface area contributed by atoms with Crippen LogP contribution in [0.5, 0.6) is 0 Å². The lowest BCUT2D eigenvalue weighted by Gasteiger charge is -2.24. The van der Waals surface area contributed by atoms with E-state index < -0.39 is 22.5 Å². The molecule has 0 spiro atoms. The third-order valence-electron chi connectivity index (χ3n) is 4.40. The van der Waals surface area contributed by atoms with E-state index in [0.717, 1.165) is 9.87 Å². The molecule has 0 bridgehead atoms. The van der Waals surface area contributed by atoms with Crippen molar-refractivity contribution in [2.75, 3.05) is 17.4 Å². The van der Waals surface area contributed by atoms with Crippen LogP contribution in [0.4, 0.5) is 5.69 Å². The molecule has 31 heavy (non-hydrogen) atoms. The van der Waals surface area contributed by atoms with Gasteiger partial charge in [0.25, 0.3) is 10.0 Å². The predicted octanol–water partition coefficient (Wildman–Crippen LogP) is 5.20. The maximum atomic E-state index is 13.3. The molecule has 0 aliphatic carbocycles. The Morgan fingerprint density at radius 1 is 0.839 bits per heavy atom. The number of hydrogen-bond acceptors (Lipinski definition) is 3. The summed E-state index contributed by atoms with van der Waals surface area (Å²) in [5, 5.41) is 3.91. The molecule has 162 valence electrons. The lowest BCUT2D eigenvalue weighted by Crippen LogP contribution is -2.41. The Kier molecular flexibility index (Phi) is 7.84. The van der Waals surface area contributed by atoms with E-state index in [1.54, 1.807) is 30.3 Å². The zero-order chi connectivity index (χ0) is 22.4. The van der Waals surface area contributed by atoms with E-state index in [-0.39, 0.29) is 20.6 Å². The van der Waals surface area contributed by atoms with Crippen LogP contribution in [0.25, 0.3) is 0 Å². The highest BCUT2D eigenvalue weighted by atomic mass is 35.5. The van der Waals surface area contributed by atoms with Crippen LogP contribution < -0.4 is 9.62 Å². The molecule has 0 aromatic heterocycles. The monoisotopic (exact) mass is 496 g/mol. The second-order valence-corrected chi connectivity index (χ2v) is 9.85. The van der Waals surface area contributed by atoms with Gasteiger partial charge in [-0.3, -0.25) is 9.10 Å². The minimum atomic E-state index is -4.02. The average molecular weight is 498 g/mol. The van der Waals surface area contributed by atoms with E-state index in [2.05, 4.69) is 5.32 Å². The van der Waals surface area contributed by atoms with E-state index in [1.165, 1.54) is 30.3 Å². The second kappa shape index (κ2) is 10.4. The van der Waals surface area contributed by atoms with Gasteiger partial charge in [0.15, 0.2) is 0 Å². The molecule has 1 N–H and O–H groups in total. The van der Waals surface area contributed by atoms with Crippen LogP contribution in [0, 0.1) is 0 Å². The zero-order valence-electron chi connectivity index (χ0n) is 16.3. The smallest absolute Gasteiger partial charge is 0.264 e. The molecule has 5 nitrogen and oxygen atoms in total. The summed E-state index contributed by atoms with van der Waals surface area (Å²) in [5.41, 5.74) is 1.20. The van der Waals surface area contributed by atoms with Crippen molar-refractivity contribution < 1.29 is 13.2 Å². The summed E-state index contributed by atoms with van der Waals surface area (Å²) >= 11 is 18.0. The Morgan fingerprint density at radius 3 is 2.06 bits per heavy atom. The summed E-state index contributed by atoms with van der Waals surface area (Å²) in [5.74, 6) is -0.454. The van der Waals surface area contributed by atoms with Gasteiger partial charge >= 0.3 is 0 Å². The SMILES string of the molecule is O=C(CN(c1cc(Cl)cc(Cl)c1)S(=O)(=O)c1ccccc1)NCCc1ccc(Cl)cc1. The van der Waals surface area contributed by atoms with E-state index in [0.29, 0.717) is 18.0 Å². The van der Waals surface area contributed by atoms with Crippen molar-refractivity contribution in [1.82, 2.24) is 5.32 Å². The summed E-state index contributed by atoms with van der Waals surface area (Å²) in [4.78, 5) is 12.7. The molecule has 3 aromatic carbocycles. The van der Waals surface area contributed by atoms with Crippen molar-refractivity contribution in [2.24, 2.45) is 0 Å². The van der Waals surface area contributed by atoms with Crippen LogP contribution in [0.2, 0.25) is 15.1 Å². The first-order chi connectivity index (χ1) is 14.8. The quantitative estimate of drug-likeness (QED) is 0.465. The van der Waals surface area contributed by atoms with Gasteiger partial charge < -0.3 is 5.32 Å². The molecular formula is C22H19Cl3N2O3S. The van der Waals surface area contributed by atoms with Crippen molar-refractivity contribution >= 4 is 56.4 Å². The van der Waals surface area contributed by atoms with Crippen LogP contribution in [0.15, 0.2) is 77.7 Å². The van der Waals surface area contributed by atoms with Gasteiger partial charge in [0.1, 0.15) is 6.54 Å². The van der Waals surface area contributed by atoms with Gasteiger partial charge in [-0.15, -0.1) is 0 Å². The van der Waals surface area contributed by atoms with E-state index in [1.807, 2.05) is 12.1 Å². The van der Waals surface area contributed by atoms with Gasteiger partial charge in [-0.1, -0.05) is 65.1 Å². The number of hydrogen-bond donors (Lipinski definition) is 1. The molecule has 0 heterocycles. The number of sulfonamides is 1. The highest BCUT2D eigenvalue weighted by Crippen LogP contribution is 2.29. The van der Waals surface area contributed by atoms with Crippen molar-refractivity contribution in [1.29, 1.82) is 0 Å². The molecule has 0 radical (unpaired) electrons. The number of amides is 1. The van der Waals surface area contributed by atoms with Crippen LogP contribution in [-0.2, 0) is 21.2 Å². The molecule has 0 aliphatic rings. The third kappa shape index (κ3) is 6.37. The zero-order valence-corrected chi connectivity index (χ0v) is 19.3. The van der Waals surface area contributed by atoms with Gasteiger partial charge in [0.05, 0.1) is 10.6 Å². The van der Waals surface area contributed by atoms with Crippen molar-refractivity contribution in [3.8, 4) is 0 Å². The Labute approximate surface area is 196 Å². The highest BCUT2D eigenvalue weighted by Gasteiger charge is 2.27. The number of carbonyl (C=O) groups is 1. The third-order valence-corrected chi connectivity index (χ3v) is 6.88. The van der Waals surface area contributed by atoms with Crippen LogP contribution in [0.1, 0.15) is 5.56 Å². The first kappa shape index (κ1) is 23.4. The van der Waals surface area contributed by atoms with Crippen molar-refractivity contribution in [2.45, 2.75) is 11.3 Å². The number of benzene rings is 3. The Bertz CT molecular complexity index is 1130. The Balaban J connectivity index is 1.79. The average Bonchev–Trinajstić information content (AvgIpc) is 2.73. The Hall–Kier alpha value is -2.25. The molecule has 0 atom stereocenters. The lowest BCUT2D eigenvalue weighted by molar-refractivity contribution is -0.119. The highest BCUT2D eigenvalue weighted by molar-refractivity contribution is 7.92. The number of carbonyl (C=O) groups excluding carboxylic acids is 1. The first-order valence-electron chi connectivity index (χ1n) is 9.31. The number of anilines is 1. The number of nitrogens with one attached hydrogen (secondary N) is 1.